The number of aromatic carboxylic acids is 1. The predicted octanol–water partition coefficient (Wildman–Crippen LogP) is 1.48. The van der Waals surface area contributed by atoms with Gasteiger partial charge in [0.25, 0.3) is 11.7 Å². The molecule has 1 aromatic heterocycles. The van der Waals surface area contributed by atoms with E-state index in [1.807, 2.05) is 30.3 Å². The summed E-state index contributed by atoms with van der Waals surface area (Å²) in [5, 5.41) is 11.9. The second-order valence-electron chi connectivity index (χ2n) is 3.30. The molecule has 1 heterocycles. The van der Waals surface area contributed by atoms with Crippen LogP contribution < -0.4 is 0 Å². The molecule has 1 N–H and O–H groups in total. The Kier molecular flexibility index (Phi) is 3.46. The number of carbonyl (C=O) groups is 1. The van der Waals surface area contributed by atoms with Crippen molar-refractivity contribution >= 4 is 5.97 Å². The lowest BCUT2D eigenvalue weighted by molar-refractivity contribution is 0.0679. The van der Waals surface area contributed by atoms with E-state index in [1.165, 1.54) is 0 Å². The van der Waals surface area contributed by atoms with Crippen molar-refractivity contribution in [3.8, 4) is 0 Å². The van der Waals surface area contributed by atoms with Crippen LogP contribution in [0.1, 0.15) is 22.1 Å². The number of rotatable bonds is 5. The molecule has 0 amide bonds. The molecule has 88 valence electrons. The van der Waals surface area contributed by atoms with E-state index in [9.17, 15) is 4.79 Å². The van der Waals surface area contributed by atoms with Gasteiger partial charge >= 0.3 is 5.97 Å². The van der Waals surface area contributed by atoms with Crippen molar-refractivity contribution in [3.63, 3.8) is 0 Å². The first-order valence-corrected chi connectivity index (χ1v) is 4.93. The molecule has 0 fully saturated rings. The number of benzene rings is 1. The Hall–Kier alpha value is -2.21. The highest BCUT2D eigenvalue weighted by Gasteiger charge is 2.12. The molecule has 0 unspecified atom stereocenters. The van der Waals surface area contributed by atoms with Crippen LogP contribution in [0, 0.1) is 0 Å². The van der Waals surface area contributed by atoms with Crippen LogP contribution in [0.5, 0.6) is 0 Å². The number of carboxylic acid groups (broad SMARTS) is 1. The molecule has 6 heteroatoms. The Balaban J connectivity index is 1.84. The largest absolute Gasteiger partial charge is 0.475 e. The van der Waals surface area contributed by atoms with Crippen molar-refractivity contribution in [1.29, 1.82) is 0 Å². The van der Waals surface area contributed by atoms with Crippen LogP contribution in [-0.4, -0.2) is 21.2 Å². The number of hydrogen-bond donors (Lipinski definition) is 1. The molecule has 0 bridgehead atoms. The molecule has 17 heavy (non-hydrogen) atoms. The van der Waals surface area contributed by atoms with Gasteiger partial charge < -0.3 is 14.4 Å². The van der Waals surface area contributed by atoms with E-state index in [-0.39, 0.29) is 18.3 Å². The zero-order valence-corrected chi connectivity index (χ0v) is 8.87. The van der Waals surface area contributed by atoms with Crippen LogP contribution in [0.15, 0.2) is 34.9 Å². The highest BCUT2D eigenvalue weighted by atomic mass is 16.5. The Morgan fingerprint density at radius 2 is 2.06 bits per heavy atom. The normalized spacial score (nSPS) is 10.4. The summed E-state index contributed by atoms with van der Waals surface area (Å²) in [7, 11) is 0. The Labute approximate surface area is 96.8 Å². The van der Waals surface area contributed by atoms with Crippen molar-refractivity contribution in [2.24, 2.45) is 0 Å². The summed E-state index contributed by atoms with van der Waals surface area (Å²) in [5.74, 6) is -1.43. The van der Waals surface area contributed by atoms with Crippen LogP contribution in [0.25, 0.3) is 0 Å². The van der Waals surface area contributed by atoms with Gasteiger partial charge in [-0.15, -0.1) is 0 Å². The van der Waals surface area contributed by atoms with E-state index in [0.717, 1.165) is 5.56 Å². The van der Waals surface area contributed by atoms with Crippen molar-refractivity contribution in [1.82, 2.24) is 10.1 Å². The van der Waals surface area contributed by atoms with Crippen LogP contribution in [-0.2, 0) is 18.0 Å². The van der Waals surface area contributed by atoms with Gasteiger partial charge in [0.1, 0.15) is 6.61 Å². The zero-order chi connectivity index (χ0) is 12.1. The van der Waals surface area contributed by atoms with Crippen molar-refractivity contribution in [2.45, 2.75) is 13.2 Å². The molecular weight excluding hydrogens is 224 g/mol. The summed E-state index contributed by atoms with van der Waals surface area (Å²) in [6.45, 7) is 0.501. The second-order valence-corrected chi connectivity index (χ2v) is 3.30. The third kappa shape index (κ3) is 3.12. The van der Waals surface area contributed by atoms with E-state index in [0.29, 0.717) is 6.61 Å². The number of nitrogens with zero attached hydrogens (tertiary/aromatic N) is 2. The van der Waals surface area contributed by atoms with Crippen LogP contribution in [0.2, 0.25) is 0 Å². The minimum Gasteiger partial charge on any atom is -0.475 e. The maximum Gasteiger partial charge on any atom is 0.377 e. The number of carboxylic acids is 1. The third-order valence-electron chi connectivity index (χ3n) is 2.00. The van der Waals surface area contributed by atoms with Gasteiger partial charge in [0.2, 0.25) is 0 Å². The quantitative estimate of drug-likeness (QED) is 0.843. The summed E-state index contributed by atoms with van der Waals surface area (Å²) in [6, 6.07) is 9.59. The molecule has 0 aliphatic rings. The zero-order valence-electron chi connectivity index (χ0n) is 8.87. The van der Waals surface area contributed by atoms with E-state index in [1.54, 1.807) is 0 Å². The van der Waals surface area contributed by atoms with Gasteiger partial charge in [-0.2, -0.15) is 4.98 Å². The lowest BCUT2D eigenvalue weighted by Crippen LogP contribution is -1.99. The Morgan fingerprint density at radius 3 is 2.71 bits per heavy atom. The maximum atomic E-state index is 10.5. The third-order valence-corrected chi connectivity index (χ3v) is 2.00. The van der Waals surface area contributed by atoms with Gasteiger partial charge in [0.05, 0.1) is 6.61 Å². The summed E-state index contributed by atoms with van der Waals surface area (Å²) in [4.78, 5) is 14.1. The second kappa shape index (κ2) is 5.22. The monoisotopic (exact) mass is 234 g/mol. The topological polar surface area (TPSA) is 85.5 Å². The first kappa shape index (κ1) is 11.3. The molecule has 0 radical (unpaired) electrons. The summed E-state index contributed by atoms with van der Waals surface area (Å²) < 4.78 is 10.0. The average molecular weight is 234 g/mol. The summed E-state index contributed by atoms with van der Waals surface area (Å²) in [5.41, 5.74) is 1.02. The fourth-order valence-electron chi connectivity index (χ4n) is 1.23. The van der Waals surface area contributed by atoms with Crippen molar-refractivity contribution in [3.05, 3.63) is 47.6 Å². The van der Waals surface area contributed by atoms with E-state index < -0.39 is 5.97 Å². The first-order chi connectivity index (χ1) is 8.25. The summed E-state index contributed by atoms with van der Waals surface area (Å²) >= 11 is 0. The van der Waals surface area contributed by atoms with Gasteiger partial charge in [-0.25, -0.2) is 4.79 Å². The average Bonchev–Trinajstić information content (AvgIpc) is 2.79. The van der Waals surface area contributed by atoms with Gasteiger partial charge in [0, 0.05) is 0 Å². The van der Waals surface area contributed by atoms with Gasteiger partial charge in [0.15, 0.2) is 0 Å². The molecule has 0 aliphatic carbocycles. The molecule has 6 nitrogen and oxygen atoms in total. The maximum absolute atomic E-state index is 10.5. The molecule has 0 atom stereocenters. The van der Waals surface area contributed by atoms with Gasteiger partial charge in [-0.1, -0.05) is 30.3 Å². The van der Waals surface area contributed by atoms with Gasteiger partial charge in [-0.05, 0) is 10.7 Å². The minimum atomic E-state index is -1.22. The fraction of sp³-hybridized carbons (Fsp3) is 0.182. The minimum absolute atomic E-state index is 0.0924. The highest BCUT2D eigenvalue weighted by Crippen LogP contribution is 2.04. The van der Waals surface area contributed by atoms with Crippen molar-refractivity contribution in [2.75, 3.05) is 0 Å². The van der Waals surface area contributed by atoms with Crippen LogP contribution in [0.3, 0.4) is 0 Å². The van der Waals surface area contributed by atoms with E-state index in [2.05, 4.69) is 10.1 Å². The number of ether oxygens (including phenoxy) is 1. The number of aromatic nitrogens is 2. The molecule has 2 rings (SSSR count). The molecule has 0 aliphatic heterocycles. The van der Waals surface area contributed by atoms with Crippen LogP contribution >= 0.6 is 0 Å². The van der Waals surface area contributed by atoms with E-state index in [4.69, 9.17) is 14.4 Å². The smallest absolute Gasteiger partial charge is 0.377 e. The standard InChI is InChI=1S/C11H10N2O4/c14-11(15)10-12-9(17-13-10)7-16-6-8-4-2-1-3-5-8/h1-5H,6-7H2,(H,14,15). The van der Waals surface area contributed by atoms with E-state index >= 15 is 0 Å². The van der Waals surface area contributed by atoms with Crippen LogP contribution in [0.4, 0.5) is 0 Å². The fourth-order valence-corrected chi connectivity index (χ4v) is 1.23. The SMILES string of the molecule is O=C(O)c1noc(COCc2ccccc2)n1. The Morgan fingerprint density at radius 1 is 1.29 bits per heavy atom. The molecular formula is C11H10N2O4. The molecule has 0 saturated carbocycles. The van der Waals surface area contributed by atoms with Gasteiger partial charge in [-0.3, -0.25) is 0 Å². The lowest BCUT2D eigenvalue weighted by Gasteiger charge is -2.00. The predicted molar refractivity (Wildman–Crippen MR) is 56.2 cm³/mol. The molecule has 1 aromatic carbocycles. The summed E-state index contributed by atoms with van der Waals surface area (Å²) in [6.07, 6.45) is 0. The lowest BCUT2D eigenvalue weighted by atomic mass is 10.2. The van der Waals surface area contributed by atoms with Crippen molar-refractivity contribution < 1.29 is 19.2 Å². The highest BCUT2D eigenvalue weighted by molar-refractivity contribution is 5.82. The molecule has 0 saturated heterocycles. The molecule has 0 spiro atoms. The first-order valence-electron chi connectivity index (χ1n) is 4.93. The molecule has 2 aromatic rings. The number of hydrogen-bond acceptors (Lipinski definition) is 5. The Bertz CT molecular complexity index is 495.